The second-order valence-electron chi connectivity index (χ2n) is 4.70. The van der Waals surface area contributed by atoms with E-state index in [-0.39, 0.29) is 18.6 Å². The van der Waals surface area contributed by atoms with E-state index in [1.165, 1.54) is 0 Å². The molecule has 0 spiro atoms. The van der Waals surface area contributed by atoms with Crippen LogP contribution in [-0.4, -0.2) is 38.8 Å². The van der Waals surface area contributed by atoms with Crippen LogP contribution in [0.2, 0.25) is 0 Å². The number of hydrogen-bond donors (Lipinski definition) is 2. The summed E-state index contributed by atoms with van der Waals surface area (Å²) in [5.41, 5.74) is 6.89. The lowest BCUT2D eigenvalue weighted by Gasteiger charge is -2.13. The van der Waals surface area contributed by atoms with Gasteiger partial charge in [-0.3, -0.25) is 4.79 Å². The van der Waals surface area contributed by atoms with Gasteiger partial charge in [-0.05, 0) is 62.9 Å². The van der Waals surface area contributed by atoms with Crippen LogP contribution in [0.4, 0.5) is 0 Å². The maximum absolute atomic E-state index is 11.6. The molecule has 118 valence electrons. The summed E-state index contributed by atoms with van der Waals surface area (Å²) >= 11 is 6.91. The van der Waals surface area contributed by atoms with Gasteiger partial charge in [0.15, 0.2) is 6.61 Å². The van der Waals surface area contributed by atoms with Crippen LogP contribution in [0.5, 0.6) is 5.75 Å². The largest absolute Gasteiger partial charge is 0.481 e. The molecule has 0 fully saturated rings. The lowest BCUT2D eigenvalue weighted by molar-refractivity contribution is -0.123. The highest BCUT2D eigenvalue weighted by Crippen LogP contribution is 2.35. The predicted octanol–water partition coefficient (Wildman–Crippen LogP) is 2.24. The number of methoxy groups -OCH3 is 1. The molecule has 0 aliphatic heterocycles. The number of nitrogens with one attached hydrogen (secondary N) is 1. The molecule has 1 atom stereocenters. The summed E-state index contributed by atoms with van der Waals surface area (Å²) < 4.78 is 12.0. The fourth-order valence-corrected chi connectivity index (χ4v) is 3.23. The SMILES string of the molecule is COCCNC(=O)COc1c(Br)cc(CC(C)N)cc1Br. The minimum Gasteiger partial charge on any atom is -0.481 e. The molecule has 1 aromatic carbocycles. The number of carbonyl (C=O) groups is 1. The van der Waals surface area contributed by atoms with Crippen molar-refractivity contribution in [1.82, 2.24) is 5.32 Å². The van der Waals surface area contributed by atoms with E-state index in [4.69, 9.17) is 15.2 Å². The van der Waals surface area contributed by atoms with Crippen LogP contribution in [-0.2, 0) is 16.0 Å². The van der Waals surface area contributed by atoms with Crippen molar-refractivity contribution >= 4 is 37.8 Å². The standard InChI is InChI=1S/C14H20Br2N2O3/c1-9(17)5-10-6-11(15)14(12(16)7-10)21-8-13(19)18-3-4-20-2/h6-7,9H,3-5,8,17H2,1-2H3,(H,18,19). The topological polar surface area (TPSA) is 73.6 Å². The van der Waals surface area contributed by atoms with Gasteiger partial charge < -0.3 is 20.5 Å². The second kappa shape index (κ2) is 9.40. The van der Waals surface area contributed by atoms with Crippen LogP contribution in [0.25, 0.3) is 0 Å². The molecule has 3 N–H and O–H groups in total. The normalized spacial score (nSPS) is 12.0. The molecular weight excluding hydrogens is 404 g/mol. The first-order chi connectivity index (χ1) is 9.93. The Morgan fingerprint density at radius 3 is 2.52 bits per heavy atom. The zero-order chi connectivity index (χ0) is 15.8. The van der Waals surface area contributed by atoms with Crippen molar-refractivity contribution in [2.75, 3.05) is 26.9 Å². The third-order valence-electron chi connectivity index (χ3n) is 2.59. The van der Waals surface area contributed by atoms with Gasteiger partial charge in [-0.15, -0.1) is 0 Å². The van der Waals surface area contributed by atoms with Gasteiger partial charge in [-0.25, -0.2) is 0 Å². The Kier molecular flexibility index (Phi) is 8.24. The molecule has 0 saturated heterocycles. The molecule has 7 heteroatoms. The summed E-state index contributed by atoms with van der Waals surface area (Å²) in [6, 6.07) is 3.99. The highest BCUT2D eigenvalue weighted by atomic mass is 79.9. The number of rotatable bonds is 8. The van der Waals surface area contributed by atoms with Gasteiger partial charge in [-0.2, -0.15) is 0 Å². The van der Waals surface area contributed by atoms with Crippen molar-refractivity contribution in [3.63, 3.8) is 0 Å². The van der Waals surface area contributed by atoms with Crippen molar-refractivity contribution in [1.29, 1.82) is 0 Å². The molecule has 0 bridgehead atoms. The maximum atomic E-state index is 11.6. The summed E-state index contributed by atoms with van der Waals surface area (Å²) in [6.07, 6.45) is 0.773. The number of benzene rings is 1. The first-order valence-corrected chi connectivity index (χ1v) is 8.14. The maximum Gasteiger partial charge on any atom is 0.258 e. The van der Waals surface area contributed by atoms with Gasteiger partial charge in [0.1, 0.15) is 5.75 Å². The molecule has 5 nitrogen and oxygen atoms in total. The zero-order valence-electron chi connectivity index (χ0n) is 12.1. The number of halogens is 2. The van der Waals surface area contributed by atoms with Crippen molar-refractivity contribution < 1.29 is 14.3 Å². The first kappa shape index (κ1) is 18.4. The van der Waals surface area contributed by atoms with Crippen LogP contribution >= 0.6 is 31.9 Å². The van der Waals surface area contributed by atoms with E-state index in [9.17, 15) is 4.79 Å². The smallest absolute Gasteiger partial charge is 0.258 e. The average Bonchev–Trinajstić information content (AvgIpc) is 2.37. The van der Waals surface area contributed by atoms with Crippen molar-refractivity contribution in [3.05, 3.63) is 26.6 Å². The van der Waals surface area contributed by atoms with E-state index in [2.05, 4.69) is 37.2 Å². The molecule has 1 aromatic rings. The minimum absolute atomic E-state index is 0.0481. The quantitative estimate of drug-likeness (QED) is 0.629. The highest BCUT2D eigenvalue weighted by molar-refractivity contribution is 9.11. The Morgan fingerprint density at radius 2 is 2.00 bits per heavy atom. The lowest BCUT2D eigenvalue weighted by Crippen LogP contribution is -2.31. The van der Waals surface area contributed by atoms with E-state index in [1.54, 1.807) is 7.11 Å². The summed E-state index contributed by atoms with van der Waals surface area (Å²) in [6.45, 7) is 2.85. The summed E-state index contributed by atoms with van der Waals surface area (Å²) in [5, 5.41) is 2.69. The lowest BCUT2D eigenvalue weighted by atomic mass is 10.1. The number of hydrogen-bond acceptors (Lipinski definition) is 4. The number of carbonyl (C=O) groups excluding carboxylic acids is 1. The molecule has 21 heavy (non-hydrogen) atoms. The van der Waals surface area contributed by atoms with Crippen LogP contribution in [0.1, 0.15) is 12.5 Å². The Labute approximate surface area is 141 Å². The van der Waals surface area contributed by atoms with Crippen molar-refractivity contribution in [2.45, 2.75) is 19.4 Å². The van der Waals surface area contributed by atoms with Gasteiger partial charge in [0.05, 0.1) is 15.6 Å². The van der Waals surface area contributed by atoms with Gasteiger partial charge in [0, 0.05) is 19.7 Å². The molecular formula is C14H20Br2N2O3. The third kappa shape index (κ3) is 6.78. The van der Waals surface area contributed by atoms with E-state index in [1.807, 2.05) is 19.1 Å². The Morgan fingerprint density at radius 1 is 1.38 bits per heavy atom. The minimum atomic E-state index is -0.189. The van der Waals surface area contributed by atoms with Crippen molar-refractivity contribution in [2.24, 2.45) is 5.73 Å². The third-order valence-corrected chi connectivity index (χ3v) is 3.77. The molecule has 0 radical (unpaired) electrons. The van der Waals surface area contributed by atoms with Gasteiger partial charge >= 0.3 is 0 Å². The second-order valence-corrected chi connectivity index (χ2v) is 6.41. The monoisotopic (exact) mass is 422 g/mol. The van der Waals surface area contributed by atoms with Crippen molar-refractivity contribution in [3.8, 4) is 5.75 Å². The highest BCUT2D eigenvalue weighted by Gasteiger charge is 2.12. The number of ether oxygens (including phenoxy) is 2. The molecule has 1 amide bonds. The van der Waals surface area contributed by atoms with Gasteiger partial charge in [0.2, 0.25) is 0 Å². The number of amides is 1. The van der Waals surface area contributed by atoms with Crippen LogP contribution < -0.4 is 15.8 Å². The fourth-order valence-electron chi connectivity index (χ4n) is 1.72. The van der Waals surface area contributed by atoms with Gasteiger partial charge in [0.25, 0.3) is 5.91 Å². The van der Waals surface area contributed by atoms with E-state index in [0.29, 0.717) is 18.9 Å². The molecule has 0 saturated carbocycles. The molecule has 0 aliphatic carbocycles. The Hall–Kier alpha value is -0.630. The van der Waals surface area contributed by atoms with Gasteiger partial charge in [-0.1, -0.05) is 0 Å². The van der Waals surface area contributed by atoms with E-state index < -0.39 is 0 Å². The molecule has 0 aliphatic rings. The molecule has 0 aromatic heterocycles. The summed E-state index contributed by atoms with van der Waals surface area (Å²) in [7, 11) is 1.58. The van der Waals surface area contributed by atoms with E-state index in [0.717, 1.165) is 20.9 Å². The predicted molar refractivity (Wildman–Crippen MR) is 89.6 cm³/mol. The first-order valence-electron chi connectivity index (χ1n) is 6.56. The van der Waals surface area contributed by atoms with Crippen LogP contribution in [0.15, 0.2) is 21.1 Å². The number of nitrogens with two attached hydrogens (primary N) is 1. The summed E-state index contributed by atoms with van der Waals surface area (Å²) in [4.78, 5) is 11.6. The zero-order valence-corrected chi connectivity index (χ0v) is 15.3. The molecule has 1 rings (SSSR count). The van der Waals surface area contributed by atoms with Crippen LogP contribution in [0, 0.1) is 0 Å². The summed E-state index contributed by atoms with van der Waals surface area (Å²) in [5.74, 6) is 0.413. The molecule has 0 heterocycles. The average molecular weight is 424 g/mol. The van der Waals surface area contributed by atoms with E-state index >= 15 is 0 Å². The molecule has 1 unspecified atom stereocenters. The Balaban J connectivity index is 2.61. The fraction of sp³-hybridized carbons (Fsp3) is 0.500. The van der Waals surface area contributed by atoms with Crippen LogP contribution in [0.3, 0.4) is 0 Å². The Bertz CT molecular complexity index is 458.